The summed E-state index contributed by atoms with van der Waals surface area (Å²) in [5, 5.41) is 13.5. The zero-order chi connectivity index (χ0) is 20.8. The molecule has 29 heavy (non-hydrogen) atoms. The molecule has 2 heterocycles. The van der Waals surface area contributed by atoms with Crippen molar-refractivity contribution in [1.29, 1.82) is 0 Å². The van der Waals surface area contributed by atoms with E-state index in [1.165, 1.54) is 0 Å². The van der Waals surface area contributed by atoms with Gasteiger partial charge < -0.3 is 19.3 Å². The van der Waals surface area contributed by atoms with E-state index in [9.17, 15) is 14.7 Å². The molecule has 154 valence electrons. The molecular formula is C21H25N3O5. The van der Waals surface area contributed by atoms with Crippen molar-refractivity contribution in [3.8, 4) is 17.2 Å². The Morgan fingerprint density at radius 3 is 2.52 bits per heavy atom. The number of carbonyl (C=O) groups is 2. The number of ether oxygens (including phenoxy) is 1. The Labute approximate surface area is 168 Å². The molecule has 8 nitrogen and oxygen atoms in total. The van der Waals surface area contributed by atoms with Crippen LogP contribution in [0, 0.1) is 17.3 Å². The molecular weight excluding hydrogens is 374 g/mol. The van der Waals surface area contributed by atoms with E-state index < -0.39 is 23.2 Å². The normalized spacial score (nSPS) is 23.6. The lowest BCUT2D eigenvalue weighted by atomic mass is 9.95. The molecule has 1 aliphatic carbocycles. The molecule has 2 atom stereocenters. The highest BCUT2D eigenvalue weighted by atomic mass is 16.5. The summed E-state index contributed by atoms with van der Waals surface area (Å²) < 4.78 is 10.8. The number of para-hydroxylation sites is 1. The number of hydrogen-bond acceptors (Lipinski definition) is 6. The number of likely N-dealkylation sites (tertiary alicyclic amines) is 1. The molecule has 2 fully saturated rings. The Morgan fingerprint density at radius 1 is 1.21 bits per heavy atom. The summed E-state index contributed by atoms with van der Waals surface area (Å²) in [6.07, 6.45) is 1.45. The highest BCUT2D eigenvalue weighted by Crippen LogP contribution is 2.59. The first-order chi connectivity index (χ1) is 13.8. The average Bonchev–Trinajstić information content (AvgIpc) is 3.05. The van der Waals surface area contributed by atoms with Gasteiger partial charge in [-0.2, -0.15) is 4.98 Å². The van der Waals surface area contributed by atoms with Crippen LogP contribution in [0.3, 0.4) is 0 Å². The van der Waals surface area contributed by atoms with Crippen molar-refractivity contribution in [3.05, 3.63) is 30.1 Å². The second-order valence-electron chi connectivity index (χ2n) is 8.37. The van der Waals surface area contributed by atoms with Crippen LogP contribution in [0.2, 0.25) is 0 Å². The Morgan fingerprint density at radius 2 is 1.90 bits per heavy atom. The molecule has 0 spiro atoms. The molecule has 0 bridgehead atoms. The first kappa shape index (κ1) is 19.4. The number of aliphatic carboxylic acids is 1. The number of methoxy groups -OCH3 is 1. The fraction of sp³-hybridized carbons (Fsp3) is 0.524. The van der Waals surface area contributed by atoms with Crippen molar-refractivity contribution in [3.63, 3.8) is 0 Å². The van der Waals surface area contributed by atoms with Crippen molar-refractivity contribution in [2.24, 2.45) is 17.3 Å². The van der Waals surface area contributed by atoms with E-state index in [0.29, 0.717) is 30.6 Å². The predicted molar refractivity (Wildman–Crippen MR) is 103 cm³/mol. The van der Waals surface area contributed by atoms with Gasteiger partial charge in [0, 0.05) is 19.0 Å². The van der Waals surface area contributed by atoms with E-state index in [2.05, 4.69) is 10.1 Å². The predicted octanol–water partition coefficient (Wildman–Crippen LogP) is 2.81. The first-order valence-corrected chi connectivity index (χ1v) is 9.83. The number of carboxylic acid groups (broad SMARTS) is 1. The Kier molecular flexibility index (Phi) is 4.80. The van der Waals surface area contributed by atoms with E-state index in [1.54, 1.807) is 12.0 Å². The monoisotopic (exact) mass is 399 g/mol. The largest absolute Gasteiger partial charge is 0.496 e. The summed E-state index contributed by atoms with van der Waals surface area (Å²) in [6, 6.07) is 7.47. The Bertz CT molecular complexity index is 930. The van der Waals surface area contributed by atoms with Crippen LogP contribution < -0.4 is 4.74 Å². The van der Waals surface area contributed by atoms with Gasteiger partial charge in [0.05, 0.1) is 24.5 Å². The average molecular weight is 399 g/mol. The van der Waals surface area contributed by atoms with Crippen LogP contribution in [0.15, 0.2) is 28.8 Å². The van der Waals surface area contributed by atoms with Gasteiger partial charge in [0.15, 0.2) is 5.82 Å². The van der Waals surface area contributed by atoms with Gasteiger partial charge in [0.2, 0.25) is 5.91 Å². The standard InChI is InChI=1S/C21H25N3O5/c1-21(2)15(16(21)20(26)27)19(25)24-10-8-12(9-11-24)17-22-18(29-23-17)13-6-4-5-7-14(13)28-3/h4-7,12,15-16H,8-11H2,1-3H3,(H,26,27)/t15-,16+/m0/s1. The van der Waals surface area contributed by atoms with Gasteiger partial charge in [0.25, 0.3) is 5.89 Å². The molecule has 1 saturated carbocycles. The van der Waals surface area contributed by atoms with Gasteiger partial charge in [0.1, 0.15) is 5.75 Å². The minimum atomic E-state index is -0.890. The van der Waals surface area contributed by atoms with Crippen molar-refractivity contribution < 1.29 is 24.0 Å². The van der Waals surface area contributed by atoms with E-state index in [0.717, 1.165) is 18.4 Å². The van der Waals surface area contributed by atoms with Crippen LogP contribution in [0.5, 0.6) is 5.75 Å². The van der Waals surface area contributed by atoms with Crippen molar-refractivity contribution in [2.75, 3.05) is 20.2 Å². The van der Waals surface area contributed by atoms with E-state index in [4.69, 9.17) is 9.26 Å². The van der Waals surface area contributed by atoms with E-state index >= 15 is 0 Å². The first-order valence-electron chi connectivity index (χ1n) is 9.83. The molecule has 4 rings (SSSR count). The molecule has 8 heteroatoms. The fourth-order valence-corrected chi connectivity index (χ4v) is 4.45. The van der Waals surface area contributed by atoms with Gasteiger partial charge in [-0.3, -0.25) is 9.59 Å². The molecule has 0 unspecified atom stereocenters. The molecule has 1 aliphatic heterocycles. The maximum atomic E-state index is 12.8. The lowest BCUT2D eigenvalue weighted by Crippen LogP contribution is -2.40. The van der Waals surface area contributed by atoms with Gasteiger partial charge in [-0.15, -0.1) is 0 Å². The molecule has 1 amide bonds. The topological polar surface area (TPSA) is 106 Å². The van der Waals surface area contributed by atoms with Gasteiger partial charge in [-0.05, 0) is 30.4 Å². The number of benzene rings is 1. The highest BCUT2D eigenvalue weighted by molar-refractivity contribution is 5.91. The second kappa shape index (κ2) is 7.17. The Hall–Kier alpha value is -2.90. The summed E-state index contributed by atoms with van der Waals surface area (Å²) in [5.41, 5.74) is 0.272. The van der Waals surface area contributed by atoms with Crippen LogP contribution in [-0.4, -0.2) is 52.2 Å². The second-order valence-corrected chi connectivity index (χ2v) is 8.37. The summed E-state index contributed by atoms with van der Waals surface area (Å²) in [5.74, 6) is -0.139. The third-order valence-corrected chi connectivity index (χ3v) is 6.31. The molecule has 1 aromatic heterocycles. The lowest BCUT2D eigenvalue weighted by Gasteiger charge is -2.31. The smallest absolute Gasteiger partial charge is 0.307 e. The quantitative estimate of drug-likeness (QED) is 0.824. The molecule has 1 N–H and O–H groups in total. The minimum Gasteiger partial charge on any atom is -0.496 e. The molecule has 1 aromatic carbocycles. The number of aromatic nitrogens is 2. The van der Waals surface area contributed by atoms with Crippen molar-refractivity contribution >= 4 is 11.9 Å². The van der Waals surface area contributed by atoms with Crippen LogP contribution in [0.4, 0.5) is 0 Å². The van der Waals surface area contributed by atoms with E-state index in [-0.39, 0.29) is 11.8 Å². The molecule has 1 saturated heterocycles. The Balaban J connectivity index is 1.40. The van der Waals surface area contributed by atoms with Gasteiger partial charge in [-0.1, -0.05) is 31.1 Å². The maximum Gasteiger partial charge on any atom is 0.307 e. The zero-order valence-electron chi connectivity index (χ0n) is 16.8. The number of carbonyl (C=O) groups excluding carboxylic acids is 1. The lowest BCUT2D eigenvalue weighted by molar-refractivity contribution is -0.142. The summed E-state index contributed by atoms with van der Waals surface area (Å²) in [6.45, 7) is 4.83. The molecule has 2 aromatic rings. The number of nitrogens with zero attached hydrogens (tertiary/aromatic N) is 3. The van der Waals surface area contributed by atoms with E-state index in [1.807, 2.05) is 38.1 Å². The highest BCUT2D eigenvalue weighted by Gasteiger charge is 2.66. The SMILES string of the molecule is COc1ccccc1-c1nc(C2CCN(C(=O)[C@@H]3[C@H](C(=O)O)C3(C)C)CC2)no1. The van der Waals surface area contributed by atoms with Crippen molar-refractivity contribution in [1.82, 2.24) is 15.0 Å². The van der Waals surface area contributed by atoms with Crippen LogP contribution >= 0.6 is 0 Å². The zero-order valence-corrected chi connectivity index (χ0v) is 16.8. The van der Waals surface area contributed by atoms with Crippen LogP contribution in [0.1, 0.15) is 38.4 Å². The number of hydrogen-bond donors (Lipinski definition) is 1. The number of carboxylic acids is 1. The number of piperidine rings is 1. The fourth-order valence-electron chi connectivity index (χ4n) is 4.45. The number of rotatable bonds is 5. The van der Waals surface area contributed by atoms with Crippen LogP contribution in [-0.2, 0) is 9.59 Å². The minimum absolute atomic E-state index is 0.0522. The van der Waals surface area contributed by atoms with Crippen molar-refractivity contribution in [2.45, 2.75) is 32.6 Å². The van der Waals surface area contributed by atoms with Crippen LogP contribution in [0.25, 0.3) is 11.5 Å². The van der Waals surface area contributed by atoms with Gasteiger partial charge in [-0.25, -0.2) is 0 Å². The summed E-state index contributed by atoms with van der Waals surface area (Å²) in [4.78, 5) is 30.5. The summed E-state index contributed by atoms with van der Waals surface area (Å²) >= 11 is 0. The third kappa shape index (κ3) is 3.36. The number of amides is 1. The molecule has 0 radical (unpaired) electrons. The van der Waals surface area contributed by atoms with Gasteiger partial charge >= 0.3 is 5.97 Å². The third-order valence-electron chi connectivity index (χ3n) is 6.31. The summed E-state index contributed by atoms with van der Waals surface area (Å²) in [7, 11) is 1.60. The maximum absolute atomic E-state index is 12.8. The molecule has 2 aliphatic rings.